The minimum Gasteiger partial charge on any atom is -0.441 e. The highest BCUT2D eigenvalue weighted by molar-refractivity contribution is 5.77. The normalized spacial score (nSPS) is 12.9. The van der Waals surface area contributed by atoms with Gasteiger partial charge in [0.2, 0.25) is 0 Å². The van der Waals surface area contributed by atoms with Crippen molar-refractivity contribution < 1.29 is 4.42 Å². The van der Waals surface area contributed by atoms with Crippen molar-refractivity contribution in [1.82, 2.24) is 4.98 Å². The molecule has 17 heavy (non-hydrogen) atoms. The molecule has 4 heteroatoms. The number of fused-ring (bicyclic) bond motifs is 1. The number of anilines is 1. The molecule has 1 atom stereocenters. The summed E-state index contributed by atoms with van der Waals surface area (Å²) in [6.45, 7) is 4.83. The van der Waals surface area contributed by atoms with Crippen LogP contribution in [-0.4, -0.2) is 24.6 Å². The Labute approximate surface area is 101 Å². The first-order valence-corrected chi connectivity index (χ1v) is 5.90. The summed E-state index contributed by atoms with van der Waals surface area (Å²) in [4.78, 5) is 6.52. The van der Waals surface area contributed by atoms with Gasteiger partial charge in [-0.2, -0.15) is 0 Å². The maximum Gasteiger partial charge on any atom is 0.192 e. The fraction of sp³-hybridized carbons (Fsp3) is 0.462. The summed E-state index contributed by atoms with van der Waals surface area (Å²) in [5.41, 5.74) is 8.65. The lowest BCUT2D eigenvalue weighted by Gasteiger charge is -2.20. The van der Waals surface area contributed by atoms with Crippen LogP contribution >= 0.6 is 0 Å². The highest BCUT2D eigenvalue weighted by atomic mass is 16.3. The first-order valence-electron chi connectivity index (χ1n) is 5.90. The number of benzene rings is 1. The van der Waals surface area contributed by atoms with Gasteiger partial charge in [0.1, 0.15) is 5.52 Å². The van der Waals surface area contributed by atoms with E-state index >= 15 is 0 Å². The molecule has 1 aromatic carbocycles. The van der Waals surface area contributed by atoms with E-state index in [2.05, 4.69) is 16.9 Å². The summed E-state index contributed by atoms with van der Waals surface area (Å²) in [6, 6.07) is 6.30. The average molecular weight is 233 g/mol. The zero-order valence-electron chi connectivity index (χ0n) is 10.6. The van der Waals surface area contributed by atoms with Gasteiger partial charge in [-0.1, -0.05) is 0 Å². The van der Waals surface area contributed by atoms with Crippen LogP contribution in [0.25, 0.3) is 11.1 Å². The number of rotatable bonds is 4. The Morgan fingerprint density at radius 3 is 2.94 bits per heavy atom. The van der Waals surface area contributed by atoms with E-state index in [4.69, 9.17) is 10.2 Å². The zero-order valence-corrected chi connectivity index (χ0v) is 10.6. The molecule has 2 N–H and O–H groups in total. The lowest BCUT2D eigenvalue weighted by Crippen LogP contribution is -2.25. The third-order valence-corrected chi connectivity index (χ3v) is 2.84. The largest absolute Gasteiger partial charge is 0.441 e. The first-order chi connectivity index (χ1) is 8.06. The molecule has 1 heterocycles. The number of hydrogen-bond donors (Lipinski definition) is 1. The molecule has 0 bridgehead atoms. The van der Waals surface area contributed by atoms with Crippen LogP contribution in [0.4, 0.5) is 5.69 Å². The van der Waals surface area contributed by atoms with E-state index < -0.39 is 0 Å². The Morgan fingerprint density at radius 1 is 1.47 bits per heavy atom. The monoisotopic (exact) mass is 233 g/mol. The predicted molar refractivity (Wildman–Crippen MR) is 70.3 cm³/mol. The summed E-state index contributed by atoms with van der Waals surface area (Å²) in [5, 5.41) is 0. The number of oxazole rings is 1. The van der Waals surface area contributed by atoms with E-state index in [1.807, 2.05) is 32.0 Å². The molecule has 1 aromatic heterocycles. The molecule has 1 unspecified atom stereocenters. The number of hydrogen-bond acceptors (Lipinski definition) is 4. The highest BCUT2D eigenvalue weighted by Crippen LogP contribution is 2.21. The fourth-order valence-corrected chi connectivity index (χ4v) is 1.79. The van der Waals surface area contributed by atoms with E-state index in [1.54, 1.807) is 0 Å². The summed E-state index contributed by atoms with van der Waals surface area (Å²) >= 11 is 0. The molecule has 0 radical (unpaired) electrons. The van der Waals surface area contributed by atoms with Crippen molar-refractivity contribution in [2.24, 2.45) is 5.73 Å². The van der Waals surface area contributed by atoms with E-state index in [0.29, 0.717) is 5.89 Å². The Kier molecular flexibility index (Phi) is 3.33. The fourth-order valence-electron chi connectivity index (χ4n) is 1.79. The van der Waals surface area contributed by atoms with Crippen LogP contribution in [-0.2, 0) is 0 Å². The van der Waals surface area contributed by atoms with Gasteiger partial charge in [0.25, 0.3) is 0 Å². The maximum atomic E-state index is 5.76. The Hall–Kier alpha value is -1.55. The molecule has 0 aliphatic carbocycles. The smallest absolute Gasteiger partial charge is 0.192 e. The molecule has 4 nitrogen and oxygen atoms in total. The molecule has 92 valence electrons. The highest BCUT2D eigenvalue weighted by Gasteiger charge is 2.06. The summed E-state index contributed by atoms with van der Waals surface area (Å²) in [6.07, 6.45) is 0.979. The number of aryl methyl sites for hydroxylation is 1. The minimum absolute atomic E-state index is 0.232. The van der Waals surface area contributed by atoms with Crippen LogP contribution in [0.1, 0.15) is 19.2 Å². The second-order valence-electron chi connectivity index (χ2n) is 4.57. The Morgan fingerprint density at radius 2 is 2.24 bits per heavy atom. The summed E-state index contributed by atoms with van der Waals surface area (Å²) < 4.78 is 5.45. The van der Waals surface area contributed by atoms with Crippen LogP contribution in [0.5, 0.6) is 0 Å². The van der Waals surface area contributed by atoms with E-state index in [-0.39, 0.29) is 6.04 Å². The van der Waals surface area contributed by atoms with Crippen LogP contribution < -0.4 is 10.6 Å². The maximum absolute atomic E-state index is 5.76. The molecule has 0 aliphatic heterocycles. The van der Waals surface area contributed by atoms with Crippen molar-refractivity contribution in [3.63, 3.8) is 0 Å². The summed E-state index contributed by atoms with van der Waals surface area (Å²) in [7, 11) is 2.07. The van der Waals surface area contributed by atoms with E-state index in [9.17, 15) is 0 Å². The number of aromatic nitrogens is 1. The zero-order chi connectivity index (χ0) is 12.4. The van der Waals surface area contributed by atoms with Gasteiger partial charge < -0.3 is 15.1 Å². The van der Waals surface area contributed by atoms with E-state index in [0.717, 1.165) is 29.8 Å². The van der Waals surface area contributed by atoms with Crippen molar-refractivity contribution in [2.45, 2.75) is 26.3 Å². The lowest BCUT2D eigenvalue weighted by molar-refractivity contribution is 0.561. The predicted octanol–water partition coefficient (Wildman–Crippen LogP) is 2.31. The molecular weight excluding hydrogens is 214 g/mol. The average Bonchev–Trinajstić information content (AvgIpc) is 2.64. The molecular formula is C13H19N3O. The van der Waals surface area contributed by atoms with Gasteiger partial charge >= 0.3 is 0 Å². The lowest BCUT2D eigenvalue weighted by atomic mass is 10.2. The molecule has 0 aliphatic rings. The topological polar surface area (TPSA) is 55.3 Å². The van der Waals surface area contributed by atoms with Crippen LogP contribution in [0.3, 0.4) is 0 Å². The number of nitrogens with two attached hydrogens (primary N) is 1. The standard InChI is InChI=1S/C13H19N3O/c1-9(14)6-7-16(3)11-4-5-13-12(8-11)15-10(2)17-13/h4-5,8-9H,6-7,14H2,1-3H3. The van der Waals surface area contributed by atoms with Crippen molar-refractivity contribution in [2.75, 3.05) is 18.5 Å². The van der Waals surface area contributed by atoms with Gasteiger partial charge in [0.15, 0.2) is 11.5 Å². The molecule has 0 fully saturated rings. The van der Waals surface area contributed by atoms with Crippen molar-refractivity contribution in [1.29, 1.82) is 0 Å². The SMILES string of the molecule is Cc1nc2cc(N(C)CCC(C)N)ccc2o1. The van der Waals surface area contributed by atoms with Crippen molar-refractivity contribution in [3.05, 3.63) is 24.1 Å². The van der Waals surface area contributed by atoms with Crippen LogP contribution in [0.2, 0.25) is 0 Å². The number of nitrogens with zero attached hydrogens (tertiary/aromatic N) is 2. The molecule has 0 saturated carbocycles. The Balaban J connectivity index is 2.17. The van der Waals surface area contributed by atoms with Gasteiger partial charge in [-0.3, -0.25) is 0 Å². The third-order valence-electron chi connectivity index (χ3n) is 2.84. The van der Waals surface area contributed by atoms with Gasteiger partial charge in [0, 0.05) is 32.2 Å². The minimum atomic E-state index is 0.232. The molecule has 0 saturated heterocycles. The van der Waals surface area contributed by atoms with Crippen molar-refractivity contribution >= 4 is 16.8 Å². The molecule has 0 spiro atoms. The Bertz CT molecular complexity index is 504. The molecule has 2 rings (SSSR count). The van der Waals surface area contributed by atoms with Gasteiger partial charge in [-0.15, -0.1) is 0 Å². The van der Waals surface area contributed by atoms with Crippen molar-refractivity contribution in [3.8, 4) is 0 Å². The van der Waals surface area contributed by atoms with Gasteiger partial charge in [-0.25, -0.2) is 4.98 Å². The first kappa shape index (κ1) is 11.9. The second-order valence-corrected chi connectivity index (χ2v) is 4.57. The molecule has 2 aromatic rings. The second kappa shape index (κ2) is 4.75. The van der Waals surface area contributed by atoms with Gasteiger partial charge in [-0.05, 0) is 31.5 Å². The third kappa shape index (κ3) is 2.77. The van der Waals surface area contributed by atoms with Crippen LogP contribution in [0, 0.1) is 6.92 Å². The van der Waals surface area contributed by atoms with Gasteiger partial charge in [0.05, 0.1) is 0 Å². The van der Waals surface area contributed by atoms with E-state index in [1.165, 1.54) is 0 Å². The summed E-state index contributed by atoms with van der Waals surface area (Å²) in [5.74, 6) is 0.704. The van der Waals surface area contributed by atoms with Crippen LogP contribution in [0.15, 0.2) is 22.6 Å². The molecule has 0 amide bonds. The quantitative estimate of drug-likeness (QED) is 0.880.